The van der Waals surface area contributed by atoms with Crippen LogP contribution in [0.15, 0.2) is 46.1 Å². The Morgan fingerprint density at radius 1 is 1.10 bits per heavy atom. The highest BCUT2D eigenvalue weighted by Crippen LogP contribution is 2.33. The second kappa shape index (κ2) is 8.80. The molecule has 3 aromatic rings. The number of rotatable bonds is 7. The number of amides is 1. The van der Waals surface area contributed by atoms with Crippen molar-refractivity contribution in [2.24, 2.45) is 0 Å². The highest BCUT2D eigenvalue weighted by molar-refractivity contribution is 8.01. The van der Waals surface area contributed by atoms with Crippen molar-refractivity contribution >= 4 is 40.5 Å². The summed E-state index contributed by atoms with van der Waals surface area (Å²) in [6.45, 7) is 0.146. The van der Waals surface area contributed by atoms with Crippen molar-refractivity contribution in [3.63, 3.8) is 0 Å². The maximum Gasteiger partial charge on any atom is 0.231 e. The lowest BCUT2D eigenvalue weighted by Gasteiger charge is -2.04. The first-order chi connectivity index (χ1) is 14.5. The molecule has 0 saturated heterocycles. The Morgan fingerprint density at radius 3 is 2.77 bits per heavy atom. The van der Waals surface area contributed by atoms with Crippen molar-refractivity contribution in [3.05, 3.63) is 64.7 Å². The van der Waals surface area contributed by atoms with E-state index in [1.807, 2.05) is 0 Å². The van der Waals surface area contributed by atoms with Gasteiger partial charge in [0.2, 0.25) is 12.7 Å². The minimum atomic E-state index is -1.03. The number of halogens is 2. The molecular weight excluding hydrogens is 434 g/mol. The summed E-state index contributed by atoms with van der Waals surface area (Å²) in [6.07, 6.45) is -0.0217. The maximum atomic E-state index is 13.2. The van der Waals surface area contributed by atoms with Gasteiger partial charge in [-0.3, -0.25) is 9.59 Å². The van der Waals surface area contributed by atoms with Crippen LogP contribution in [0.4, 0.5) is 14.5 Å². The number of ketones is 1. The third kappa shape index (κ3) is 4.77. The Hall–Kier alpha value is -2.98. The SMILES string of the molecule is O=C(Cc1csc(SCC(=O)c2ccc3c(c2)OCO3)n1)Nc1ccc(F)c(F)c1. The summed E-state index contributed by atoms with van der Waals surface area (Å²) in [5.74, 6) is -1.14. The van der Waals surface area contributed by atoms with E-state index in [1.54, 1.807) is 23.6 Å². The van der Waals surface area contributed by atoms with Gasteiger partial charge in [-0.15, -0.1) is 11.3 Å². The molecule has 0 fully saturated rings. The standard InChI is InChI=1S/C20H14F2N2O4S2/c21-14-3-2-12(6-15(14)22)23-19(26)7-13-8-29-20(24-13)30-9-16(25)11-1-4-17-18(5-11)28-10-27-17/h1-6,8H,7,9-10H2,(H,23,26). The number of nitrogens with zero attached hydrogens (tertiary/aromatic N) is 1. The number of ether oxygens (including phenoxy) is 2. The minimum Gasteiger partial charge on any atom is -0.454 e. The van der Waals surface area contributed by atoms with Crippen LogP contribution in [-0.4, -0.2) is 29.2 Å². The van der Waals surface area contributed by atoms with Crippen LogP contribution in [0.1, 0.15) is 16.1 Å². The molecule has 4 rings (SSSR count). The van der Waals surface area contributed by atoms with E-state index >= 15 is 0 Å². The summed E-state index contributed by atoms with van der Waals surface area (Å²) in [6, 6.07) is 8.18. The molecule has 0 atom stereocenters. The van der Waals surface area contributed by atoms with Gasteiger partial charge in [-0.25, -0.2) is 13.8 Å². The molecule has 1 amide bonds. The zero-order valence-corrected chi connectivity index (χ0v) is 16.9. The normalized spacial score (nSPS) is 12.1. The molecule has 2 heterocycles. The number of aromatic nitrogens is 1. The molecule has 0 aliphatic carbocycles. The van der Waals surface area contributed by atoms with E-state index in [9.17, 15) is 18.4 Å². The molecule has 1 aromatic heterocycles. The molecule has 10 heteroatoms. The van der Waals surface area contributed by atoms with Gasteiger partial charge >= 0.3 is 0 Å². The van der Waals surface area contributed by atoms with Crippen molar-refractivity contribution in [3.8, 4) is 11.5 Å². The molecule has 0 spiro atoms. The number of nitrogens with one attached hydrogen (secondary N) is 1. The number of benzene rings is 2. The maximum absolute atomic E-state index is 13.2. The van der Waals surface area contributed by atoms with Gasteiger partial charge in [-0.1, -0.05) is 11.8 Å². The number of hydrogen-bond acceptors (Lipinski definition) is 7. The highest BCUT2D eigenvalue weighted by atomic mass is 32.2. The lowest BCUT2D eigenvalue weighted by Crippen LogP contribution is -2.14. The van der Waals surface area contributed by atoms with E-state index < -0.39 is 17.5 Å². The van der Waals surface area contributed by atoms with Crippen LogP contribution in [0.2, 0.25) is 0 Å². The quantitative estimate of drug-likeness (QED) is 0.429. The first-order valence-electron chi connectivity index (χ1n) is 8.73. The highest BCUT2D eigenvalue weighted by Gasteiger charge is 2.17. The number of hydrogen-bond donors (Lipinski definition) is 1. The second-order valence-corrected chi connectivity index (χ2v) is 8.32. The zero-order valence-electron chi connectivity index (χ0n) is 15.3. The third-order valence-corrected chi connectivity index (χ3v) is 6.17. The topological polar surface area (TPSA) is 77.5 Å². The molecule has 1 aliphatic rings. The smallest absolute Gasteiger partial charge is 0.231 e. The number of carbonyl (C=O) groups excluding carboxylic acids is 2. The average molecular weight is 448 g/mol. The monoisotopic (exact) mass is 448 g/mol. The van der Waals surface area contributed by atoms with Crippen LogP contribution < -0.4 is 14.8 Å². The molecule has 0 unspecified atom stereocenters. The molecular formula is C20H14F2N2O4S2. The van der Waals surface area contributed by atoms with Crippen molar-refractivity contribution in [2.75, 3.05) is 17.9 Å². The van der Waals surface area contributed by atoms with Crippen LogP contribution in [-0.2, 0) is 11.2 Å². The van der Waals surface area contributed by atoms with Crippen LogP contribution in [0.25, 0.3) is 0 Å². The molecule has 6 nitrogen and oxygen atoms in total. The van der Waals surface area contributed by atoms with Gasteiger partial charge in [0.15, 0.2) is 33.3 Å². The first-order valence-corrected chi connectivity index (χ1v) is 10.6. The summed E-state index contributed by atoms with van der Waals surface area (Å²) >= 11 is 2.60. The lowest BCUT2D eigenvalue weighted by molar-refractivity contribution is -0.115. The van der Waals surface area contributed by atoms with Gasteiger partial charge in [0.25, 0.3) is 0 Å². The van der Waals surface area contributed by atoms with E-state index in [0.717, 1.165) is 12.1 Å². The van der Waals surface area contributed by atoms with Gasteiger partial charge < -0.3 is 14.8 Å². The van der Waals surface area contributed by atoms with Crippen LogP contribution >= 0.6 is 23.1 Å². The third-order valence-electron chi connectivity index (χ3n) is 4.10. The second-order valence-electron chi connectivity index (χ2n) is 6.24. The van der Waals surface area contributed by atoms with Gasteiger partial charge in [0.1, 0.15) is 0 Å². The molecule has 2 aromatic carbocycles. The zero-order chi connectivity index (χ0) is 21.1. The van der Waals surface area contributed by atoms with E-state index in [4.69, 9.17) is 9.47 Å². The van der Waals surface area contributed by atoms with Gasteiger partial charge in [0, 0.05) is 22.7 Å². The summed E-state index contributed by atoms with van der Waals surface area (Å²) in [7, 11) is 0. The summed E-state index contributed by atoms with van der Waals surface area (Å²) in [4.78, 5) is 28.8. The minimum absolute atomic E-state index is 0.0217. The van der Waals surface area contributed by atoms with E-state index in [0.29, 0.717) is 27.1 Å². The Morgan fingerprint density at radius 2 is 1.93 bits per heavy atom. The number of carbonyl (C=O) groups is 2. The van der Waals surface area contributed by atoms with Crippen molar-refractivity contribution < 1.29 is 27.8 Å². The number of Topliss-reactive ketones (excluding diaryl/α,β-unsaturated/α-hetero) is 1. The van der Waals surface area contributed by atoms with Crippen molar-refractivity contribution in [1.82, 2.24) is 4.98 Å². The number of fused-ring (bicyclic) bond motifs is 1. The molecule has 1 N–H and O–H groups in total. The molecule has 154 valence electrons. The predicted octanol–water partition coefficient (Wildman–Crippen LogP) is 4.31. The Kier molecular flexibility index (Phi) is 5.96. The fraction of sp³-hybridized carbons (Fsp3) is 0.150. The first kappa shape index (κ1) is 20.3. The summed E-state index contributed by atoms with van der Waals surface area (Å²) in [5, 5.41) is 4.22. The van der Waals surface area contributed by atoms with Crippen LogP contribution in [0, 0.1) is 11.6 Å². The summed E-state index contributed by atoms with van der Waals surface area (Å²) in [5.41, 5.74) is 1.21. The fourth-order valence-corrected chi connectivity index (χ4v) is 4.40. The number of thioether (sulfide) groups is 1. The Bertz CT molecular complexity index is 1120. The van der Waals surface area contributed by atoms with E-state index in [2.05, 4.69) is 10.3 Å². The number of anilines is 1. The molecule has 0 saturated carbocycles. The molecule has 30 heavy (non-hydrogen) atoms. The molecule has 0 radical (unpaired) electrons. The summed E-state index contributed by atoms with van der Waals surface area (Å²) < 4.78 is 37.3. The number of thiazole rings is 1. The van der Waals surface area contributed by atoms with Gasteiger partial charge in [0.05, 0.1) is 17.9 Å². The Labute approximate surface area is 178 Å². The van der Waals surface area contributed by atoms with Crippen LogP contribution in [0.5, 0.6) is 11.5 Å². The van der Waals surface area contributed by atoms with E-state index in [1.165, 1.54) is 29.2 Å². The molecule has 1 aliphatic heterocycles. The molecule has 0 bridgehead atoms. The van der Waals surface area contributed by atoms with Crippen LogP contribution in [0.3, 0.4) is 0 Å². The predicted molar refractivity (Wildman–Crippen MR) is 108 cm³/mol. The lowest BCUT2D eigenvalue weighted by atomic mass is 10.1. The largest absolute Gasteiger partial charge is 0.454 e. The van der Waals surface area contributed by atoms with Gasteiger partial charge in [-0.2, -0.15) is 0 Å². The average Bonchev–Trinajstić information content (AvgIpc) is 3.37. The van der Waals surface area contributed by atoms with Crippen molar-refractivity contribution in [2.45, 2.75) is 10.8 Å². The Balaban J connectivity index is 1.30. The van der Waals surface area contributed by atoms with E-state index in [-0.39, 0.29) is 30.4 Å². The fourth-order valence-electron chi connectivity index (χ4n) is 2.66. The van der Waals surface area contributed by atoms with Crippen molar-refractivity contribution in [1.29, 1.82) is 0 Å². The van der Waals surface area contributed by atoms with Gasteiger partial charge in [-0.05, 0) is 30.3 Å².